The van der Waals surface area contributed by atoms with Crippen molar-refractivity contribution in [3.05, 3.63) is 174 Å². The summed E-state index contributed by atoms with van der Waals surface area (Å²) in [6.07, 6.45) is 2.74. The number of aromatic nitrogens is 2. The van der Waals surface area contributed by atoms with Gasteiger partial charge in [0.25, 0.3) is 0 Å². The molecule has 0 amide bonds. The van der Waals surface area contributed by atoms with E-state index in [9.17, 15) is 18.4 Å². The number of benzene rings is 5. The van der Waals surface area contributed by atoms with Crippen LogP contribution >= 0.6 is 0 Å². The third-order valence-corrected chi connectivity index (χ3v) is 13.4. The summed E-state index contributed by atoms with van der Waals surface area (Å²) >= 11 is 0. The summed E-state index contributed by atoms with van der Waals surface area (Å²) in [5.41, 5.74) is 2.01. The molecule has 263 valence electrons. The van der Waals surface area contributed by atoms with Gasteiger partial charge in [-0.05, 0) is 76.5 Å². The molecule has 8 rings (SSSR count). The Hall–Kier alpha value is -5.65. The molecule has 0 saturated carbocycles. The maximum absolute atomic E-state index is 14.6. The summed E-state index contributed by atoms with van der Waals surface area (Å²) < 4.78 is 95.3. The Balaban J connectivity index is 0.000000354. The third kappa shape index (κ3) is 7.22. The van der Waals surface area contributed by atoms with E-state index in [0.29, 0.717) is 26.3 Å². The number of pyridine rings is 2. The largest absolute Gasteiger partial charge is 0.499 e. The van der Waals surface area contributed by atoms with E-state index < -0.39 is 33.4 Å². The van der Waals surface area contributed by atoms with E-state index in [2.05, 4.69) is 28.2 Å². The summed E-state index contributed by atoms with van der Waals surface area (Å²) in [4.78, 5) is 8.40. The summed E-state index contributed by atoms with van der Waals surface area (Å²) in [6, 6.07) is 38.4. The topological polar surface area (TPSA) is 62.7 Å². The smallest absolute Gasteiger partial charge is 0.147 e. The quantitative estimate of drug-likeness (QED) is 0.0984. The summed E-state index contributed by atoms with van der Waals surface area (Å²) in [6.45, 7) is -3.50. The van der Waals surface area contributed by atoms with Crippen LogP contribution in [-0.2, 0) is 20.1 Å². The molecule has 3 aromatic heterocycles. The van der Waals surface area contributed by atoms with Crippen molar-refractivity contribution < 1.29 is 45.9 Å². The number of nitrogens with zero attached hydrogens (tertiary/aromatic N) is 3. The molecule has 8 aromatic rings. The van der Waals surface area contributed by atoms with E-state index in [1.54, 1.807) is 60.8 Å². The van der Waals surface area contributed by atoms with Gasteiger partial charge in [-0.1, -0.05) is 77.7 Å². The number of halogens is 3. The zero-order chi connectivity index (χ0) is 41.4. The molecule has 53 heavy (non-hydrogen) atoms. The fraction of sp³-hybridized carbons (Fsp3) is 0.0682. The van der Waals surface area contributed by atoms with Crippen molar-refractivity contribution in [2.75, 3.05) is 0 Å². The molecule has 0 aliphatic heterocycles. The van der Waals surface area contributed by atoms with E-state index in [0.717, 1.165) is 17.5 Å². The van der Waals surface area contributed by atoms with Gasteiger partial charge in [0.2, 0.25) is 0 Å². The van der Waals surface area contributed by atoms with Gasteiger partial charge in [0.1, 0.15) is 31.4 Å². The van der Waals surface area contributed by atoms with Gasteiger partial charge in [0.15, 0.2) is 0 Å². The molecule has 3 heterocycles. The predicted octanol–water partition coefficient (Wildman–Crippen LogP) is 9.00. The minimum Gasteiger partial charge on any atom is -0.499 e. The Morgan fingerprint density at radius 2 is 1.47 bits per heavy atom. The van der Waals surface area contributed by atoms with Crippen molar-refractivity contribution in [3.8, 4) is 28.6 Å². The average Bonchev–Trinajstić information content (AvgIpc) is 3.59. The van der Waals surface area contributed by atoms with Crippen LogP contribution in [-0.4, -0.2) is 18.0 Å². The van der Waals surface area contributed by atoms with Crippen LogP contribution in [0.1, 0.15) is 24.9 Å². The molecule has 0 unspecified atom stereocenters. The van der Waals surface area contributed by atoms with Crippen molar-refractivity contribution in [1.82, 2.24) is 9.97 Å². The predicted molar refractivity (Wildman–Crippen MR) is 202 cm³/mol. The molecule has 0 fully saturated rings. The Morgan fingerprint density at radius 3 is 2.09 bits per heavy atom. The van der Waals surface area contributed by atoms with Gasteiger partial charge in [-0.3, -0.25) is 4.39 Å². The molecule has 0 N–H and O–H groups in total. The van der Waals surface area contributed by atoms with Gasteiger partial charge in [0, 0.05) is 51.9 Å². The molecule has 9 heteroatoms. The molecular weight excluding hydrogens is 864 g/mol. The first-order valence-corrected chi connectivity index (χ1v) is 18.5. The molecule has 0 aliphatic carbocycles. The standard InChI is InChI=1S/C33H23F2N2OSi.C11H7FN.Ir/c1-20-15-30(37-19-21(20)2)28-12-6-11-26-27-13-14-31(29(18-36)33(27)38-32(26)28)39(3,24-9-4-7-22(34)16-24)25-10-5-8-23(35)17-25;12-10-6-4-9(5-7-10)11-3-1-2-8-13-11;/h4-11,13-17,19H,1-3H3;1-4,6-8H;/q2*-1;/i1D3,2D3;;. The van der Waals surface area contributed by atoms with Gasteiger partial charge in [-0.25, -0.2) is 8.78 Å². The number of rotatable bonds is 5. The van der Waals surface area contributed by atoms with Crippen LogP contribution in [0.5, 0.6) is 0 Å². The molecule has 0 aliphatic rings. The number of hydrogen-bond acceptors (Lipinski definition) is 4. The van der Waals surface area contributed by atoms with E-state index >= 15 is 0 Å². The van der Waals surface area contributed by atoms with E-state index in [1.807, 2.05) is 24.7 Å². The minimum atomic E-state index is -3.20. The first-order valence-electron chi connectivity index (χ1n) is 19.0. The van der Waals surface area contributed by atoms with E-state index in [4.69, 9.17) is 12.6 Å². The van der Waals surface area contributed by atoms with Crippen LogP contribution in [0, 0.1) is 54.6 Å². The minimum absolute atomic E-state index is 0. The summed E-state index contributed by atoms with van der Waals surface area (Å²) in [5, 5.41) is 13.6. The number of furan rings is 1. The Labute approximate surface area is 328 Å². The van der Waals surface area contributed by atoms with Gasteiger partial charge in [-0.2, -0.15) is 5.26 Å². The van der Waals surface area contributed by atoms with Crippen molar-refractivity contribution in [1.29, 1.82) is 5.26 Å². The van der Waals surface area contributed by atoms with Crippen LogP contribution in [0.3, 0.4) is 0 Å². The molecule has 4 nitrogen and oxygen atoms in total. The van der Waals surface area contributed by atoms with Crippen LogP contribution in [0.4, 0.5) is 13.2 Å². The summed E-state index contributed by atoms with van der Waals surface area (Å²) in [5.74, 6) is -1.20. The van der Waals surface area contributed by atoms with Gasteiger partial charge in [-0.15, -0.1) is 48.0 Å². The first-order chi connectivity index (χ1) is 27.6. The van der Waals surface area contributed by atoms with Gasteiger partial charge < -0.3 is 14.4 Å². The average molecular weight is 900 g/mol. The van der Waals surface area contributed by atoms with Crippen LogP contribution < -0.4 is 15.6 Å². The maximum Gasteiger partial charge on any atom is 0.147 e. The first kappa shape index (κ1) is 29.9. The Morgan fingerprint density at radius 1 is 0.736 bits per heavy atom. The molecule has 0 bridgehead atoms. The van der Waals surface area contributed by atoms with Crippen LogP contribution in [0.15, 0.2) is 132 Å². The zero-order valence-electron chi connectivity index (χ0n) is 33.8. The number of aryl methyl sites for hydroxylation is 2. The number of fused-ring (bicyclic) bond motifs is 3. The van der Waals surface area contributed by atoms with Crippen molar-refractivity contribution in [3.63, 3.8) is 0 Å². The molecule has 0 spiro atoms. The van der Waals surface area contributed by atoms with Crippen molar-refractivity contribution in [2.24, 2.45) is 0 Å². The zero-order valence-corrected chi connectivity index (χ0v) is 31.2. The second-order valence-electron chi connectivity index (χ2n) is 12.1. The normalized spacial score (nSPS) is 13.2. The van der Waals surface area contributed by atoms with Gasteiger partial charge >= 0.3 is 0 Å². The number of hydrogen-bond donors (Lipinski definition) is 0. The maximum atomic E-state index is 14.6. The van der Waals surface area contributed by atoms with E-state index in [1.165, 1.54) is 42.5 Å². The van der Waals surface area contributed by atoms with Crippen LogP contribution in [0.2, 0.25) is 6.55 Å². The van der Waals surface area contributed by atoms with Crippen molar-refractivity contribution in [2.45, 2.75) is 20.3 Å². The van der Waals surface area contributed by atoms with Gasteiger partial charge in [0.05, 0.1) is 11.1 Å². The SMILES string of the molecule is Fc1c[c-]c(-c2ccccn2)cc1.[2H]C([2H])([2H])c1cnc(-c2[c-]ccc3c2oc2c(C#N)c([Si](C)(c4cccc(F)c4)c4cccc(F)c4)ccc23)cc1C([2H])([2H])[2H].[Ir]. The fourth-order valence-electron chi connectivity index (χ4n) is 6.28. The number of nitriles is 1. The molecule has 0 saturated heterocycles. The Kier molecular flexibility index (Phi) is 8.75. The second kappa shape index (κ2) is 15.5. The molecule has 1 radical (unpaired) electrons. The molecular formula is C44H30F3IrN3OSi-2. The molecule has 5 aromatic carbocycles. The van der Waals surface area contributed by atoms with Crippen LogP contribution in [0.25, 0.3) is 44.5 Å². The van der Waals surface area contributed by atoms with E-state index in [-0.39, 0.29) is 65.0 Å². The Bertz CT molecular complexity index is 2800. The molecule has 0 atom stereocenters. The van der Waals surface area contributed by atoms with Crippen molar-refractivity contribution >= 4 is 45.6 Å². The monoisotopic (exact) mass is 900 g/mol. The fourth-order valence-corrected chi connectivity index (χ4v) is 10.0. The third-order valence-electron chi connectivity index (χ3n) is 8.93. The summed E-state index contributed by atoms with van der Waals surface area (Å²) in [7, 11) is -3.20. The second-order valence-corrected chi connectivity index (χ2v) is 16.0.